The van der Waals surface area contributed by atoms with Gasteiger partial charge in [0, 0.05) is 16.8 Å². The summed E-state index contributed by atoms with van der Waals surface area (Å²) in [6, 6.07) is 17.1. The minimum Gasteiger partial charge on any atom is -0.368 e. The lowest BCUT2D eigenvalue weighted by Gasteiger charge is -2.12. The van der Waals surface area contributed by atoms with Gasteiger partial charge in [-0.3, -0.25) is 14.4 Å². The van der Waals surface area contributed by atoms with Crippen molar-refractivity contribution in [2.75, 3.05) is 11.9 Å². The third kappa shape index (κ3) is 5.51. The summed E-state index contributed by atoms with van der Waals surface area (Å²) < 4.78 is 38.5. The molecule has 164 valence electrons. The van der Waals surface area contributed by atoms with Gasteiger partial charge in [-0.15, -0.1) is 0 Å². The van der Waals surface area contributed by atoms with Gasteiger partial charge in [-0.05, 0) is 47.5 Å². The summed E-state index contributed by atoms with van der Waals surface area (Å²) in [5.74, 6) is -1.73. The van der Waals surface area contributed by atoms with E-state index in [4.69, 9.17) is 5.73 Å². The van der Waals surface area contributed by atoms with Crippen molar-refractivity contribution in [1.82, 2.24) is 5.32 Å². The van der Waals surface area contributed by atoms with Crippen LogP contribution in [0.1, 0.15) is 26.3 Å². The highest BCUT2D eigenvalue weighted by molar-refractivity contribution is 6.09. The summed E-state index contributed by atoms with van der Waals surface area (Å²) >= 11 is 0. The topological polar surface area (TPSA) is 101 Å². The first-order valence-electron chi connectivity index (χ1n) is 9.40. The first kappa shape index (κ1) is 22.5. The molecule has 9 heteroatoms. The Hall–Kier alpha value is -4.14. The molecule has 3 rings (SSSR count). The number of carbonyl (C=O) groups excluding carboxylic acids is 3. The molecule has 0 saturated carbocycles. The number of alkyl halides is 3. The van der Waals surface area contributed by atoms with Gasteiger partial charge in [0.25, 0.3) is 11.8 Å². The van der Waals surface area contributed by atoms with Gasteiger partial charge in [0.05, 0.1) is 12.1 Å². The second-order valence-corrected chi connectivity index (χ2v) is 6.80. The first-order chi connectivity index (χ1) is 15.1. The van der Waals surface area contributed by atoms with Crippen LogP contribution in [0.25, 0.3) is 11.1 Å². The Morgan fingerprint density at radius 2 is 1.53 bits per heavy atom. The molecular weight excluding hydrogens is 423 g/mol. The van der Waals surface area contributed by atoms with E-state index in [1.807, 2.05) is 0 Å². The number of hydrogen-bond donors (Lipinski definition) is 3. The summed E-state index contributed by atoms with van der Waals surface area (Å²) in [6.45, 7) is -0.323. The van der Waals surface area contributed by atoms with E-state index >= 15 is 0 Å². The van der Waals surface area contributed by atoms with Gasteiger partial charge >= 0.3 is 6.18 Å². The van der Waals surface area contributed by atoms with Gasteiger partial charge in [-0.25, -0.2) is 0 Å². The van der Waals surface area contributed by atoms with Crippen LogP contribution in [0.15, 0.2) is 72.8 Å². The Kier molecular flexibility index (Phi) is 6.58. The summed E-state index contributed by atoms with van der Waals surface area (Å²) in [4.78, 5) is 35.8. The molecule has 0 saturated heterocycles. The van der Waals surface area contributed by atoms with E-state index in [1.165, 1.54) is 24.3 Å². The normalized spacial score (nSPS) is 11.0. The average molecular weight is 441 g/mol. The van der Waals surface area contributed by atoms with Crippen molar-refractivity contribution in [3.8, 4) is 11.1 Å². The number of hydrogen-bond acceptors (Lipinski definition) is 3. The van der Waals surface area contributed by atoms with E-state index in [-0.39, 0.29) is 17.7 Å². The standard InChI is InChI=1S/C23H18F3N3O3/c24-23(25,26)16-10-8-14(9-11-16)18-6-1-2-7-19(18)22(32)29-17-5-3-4-15(12-17)21(31)28-13-20(27)30/h1-12H,13H2,(H2,27,30)(H,28,31)(H,29,32). The minimum atomic E-state index is -4.45. The molecule has 0 aliphatic rings. The molecule has 0 radical (unpaired) electrons. The lowest BCUT2D eigenvalue weighted by atomic mass is 9.98. The predicted molar refractivity (Wildman–Crippen MR) is 113 cm³/mol. The second-order valence-electron chi connectivity index (χ2n) is 6.80. The molecular formula is C23H18F3N3O3. The van der Waals surface area contributed by atoms with Crippen LogP contribution in [0.5, 0.6) is 0 Å². The minimum absolute atomic E-state index is 0.208. The van der Waals surface area contributed by atoms with Crippen molar-refractivity contribution in [2.24, 2.45) is 5.73 Å². The number of nitrogens with two attached hydrogens (primary N) is 1. The number of carbonyl (C=O) groups is 3. The van der Waals surface area contributed by atoms with Gasteiger partial charge < -0.3 is 16.4 Å². The molecule has 0 fully saturated rings. The smallest absolute Gasteiger partial charge is 0.368 e. The Morgan fingerprint density at radius 1 is 0.844 bits per heavy atom. The van der Waals surface area contributed by atoms with Crippen molar-refractivity contribution >= 4 is 23.4 Å². The summed E-state index contributed by atoms with van der Waals surface area (Å²) in [7, 11) is 0. The number of rotatable bonds is 6. The quantitative estimate of drug-likeness (QED) is 0.542. The van der Waals surface area contributed by atoms with Gasteiger partial charge in [0.1, 0.15) is 0 Å². The lowest BCUT2D eigenvalue weighted by Crippen LogP contribution is -2.33. The molecule has 0 aromatic heterocycles. The molecule has 3 aromatic carbocycles. The Balaban J connectivity index is 1.82. The van der Waals surface area contributed by atoms with E-state index in [9.17, 15) is 27.6 Å². The summed E-state index contributed by atoms with van der Waals surface area (Å²) in [6.07, 6.45) is -4.45. The van der Waals surface area contributed by atoms with Crippen molar-refractivity contribution in [2.45, 2.75) is 6.18 Å². The van der Waals surface area contributed by atoms with Crippen molar-refractivity contribution in [1.29, 1.82) is 0 Å². The molecule has 32 heavy (non-hydrogen) atoms. The third-order valence-corrected chi connectivity index (χ3v) is 4.50. The van der Waals surface area contributed by atoms with Crippen molar-refractivity contribution in [3.63, 3.8) is 0 Å². The molecule has 0 spiro atoms. The van der Waals surface area contributed by atoms with Gasteiger partial charge in [0.15, 0.2) is 0 Å². The molecule has 4 N–H and O–H groups in total. The SMILES string of the molecule is NC(=O)CNC(=O)c1cccc(NC(=O)c2ccccc2-c2ccc(C(F)(F)F)cc2)c1. The average Bonchev–Trinajstić information content (AvgIpc) is 2.77. The van der Waals surface area contributed by atoms with Crippen LogP contribution in [0.3, 0.4) is 0 Å². The largest absolute Gasteiger partial charge is 0.416 e. The molecule has 3 aromatic rings. The van der Waals surface area contributed by atoms with Crippen LogP contribution in [-0.2, 0) is 11.0 Å². The number of amides is 3. The highest BCUT2D eigenvalue weighted by Crippen LogP contribution is 2.32. The number of nitrogens with one attached hydrogen (secondary N) is 2. The van der Waals surface area contributed by atoms with E-state index < -0.39 is 29.5 Å². The van der Waals surface area contributed by atoms with Crippen molar-refractivity contribution in [3.05, 3.63) is 89.5 Å². The fourth-order valence-corrected chi connectivity index (χ4v) is 2.98. The molecule has 6 nitrogen and oxygen atoms in total. The van der Waals surface area contributed by atoms with Crippen LogP contribution in [-0.4, -0.2) is 24.3 Å². The number of primary amides is 1. The van der Waals surface area contributed by atoms with Crippen LogP contribution in [0.2, 0.25) is 0 Å². The van der Waals surface area contributed by atoms with Crippen LogP contribution >= 0.6 is 0 Å². The van der Waals surface area contributed by atoms with Crippen molar-refractivity contribution < 1.29 is 27.6 Å². The Bertz CT molecular complexity index is 1160. The van der Waals surface area contributed by atoms with Crippen LogP contribution in [0, 0.1) is 0 Å². The number of benzene rings is 3. The van der Waals surface area contributed by atoms with E-state index in [1.54, 1.807) is 36.4 Å². The first-order valence-corrected chi connectivity index (χ1v) is 9.40. The lowest BCUT2D eigenvalue weighted by molar-refractivity contribution is -0.137. The molecule has 0 bridgehead atoms. The molecule has 3 amide bonds. The van der Waals surface area contributed by atoms with Gasteiger partial charge in [-0.2, -0.15) is 13.2 Å². The Labute approximate surface area is 181 Å². The maximum Gasteiger partial charge on any atom is 0.416 e. The Morgan fingerprint density at radius 3 is 2.19 bits per heavy atom. The highest BCUT2D eigenvalue weighted by Gasteiger charge is 2.30. The second kappa shape index (κ2) is 9.34. The predicted octanol–water partition coefficient (Wildman–Crippen LogP) is 3.84. The maximum absolute atomic E-state index is 12.9. The zero-order valence-corrected chi connectivity index (χ0v) is 16.6. The maximum atomic E-state index is 12.9. The zero-order valence-electron chi connectivity index (χ0n) is 16.6. The van der Waals surface area contributed by atoms with E-state index in [0.29, 0.717) is 16.8 Å². The highest BCUT2D eigenvalue weighted by atomic mass is 19.4. The van der Waals surface area contributed by atoms with E-state index in [2.05, 4.69) is 10.6 Å². The van der Waals surface area contributed by atoms with Crippen LogP contribution < -0.4 is 16.4 Å². The molecule has 0 atom stereocenters. The van der Waals surface area contributed by atoms with Gasteiger partial charge in [0.2, 0.25) is 5.91 Å². The molecule has 0 unspecified atom stereocenters. The summed E-state index contributed by atoms with van der Waals surface area (Å²) in [5, 5.41) is 5.02. The summed E-state index contributed by atoms with van der Waals surface area (Å²) in [5.41, 5.74) is 5.90. The zero-order chi connectivity index (χ0) is 23.3. The fourth-order valence-electron chi connectivity index (χ4n) is 2.98. The number of anilines is 1. The number of halogens is 3. The van der Waals surface area contributed by atoms with Gasteiger partial charge in [-0.1, -0.05) is 36.4 Å². The molecule has 0 aliphatic heterocycles. The molecule has 0 heterocycles. The fraction of sp³-hybridized carbons (Fsp3) is 0.0870. The third-order valence-electron chi connectivity index (χ3n) is 4.50. The van der Waals surface area contributed by atoms with E-state index in [0.717, 1.165) is 12.1 Å². The molecule has 0 aliphatic carbocycles. The van der Waals surface area contributed by atoms with Crippen LogP contribution in [0.4, 0.5) is 18.9 Å². The monoisotopic (exact) mass is 441 g/mol.